The van der Waals surface area contributed by atoms with Crippen molar-refractivity contribution < 1.29 is 26.8 Å². The summed E-state index contributed by atoms with van der Waals surface area (Å²) in [4.78, 5) is 28.6. The van der Waals surface area contributed by atoms with E-state index in [1.807, 2.05) is 6.07 Å². The summed E-state index contributed by atoms with van der Waals surface area (Å²) in [6.45, 7) is 0.844. The summed E-state index contributed by atoms with van der Waals surface area (Å²) in [7, 11) is -4.43. The first kappa shape index (κ1) is 30.4. The minimum atomic E-state index is -4.43. The summed E-state index contributed by atoms with van der Waals surface area (Å²) in [6, 6.07) is 26.3. The van der Waals surface area contributed by atoms with Crippen molar-refractivity contribution in [3.05, 3.63) is 132 Å². The van der Waals surface area contributed by atoms with Gasteiger partial charge in [0.1, 0.15) is 24.2 Å². The highest BCUT2D eigenvalue weighted by Gasteiger charge is 2.35. The van der Waals surface area contributed by atoms with Crippen LogP contribution in [0.5, 0.6) is 0 Å². The zero-order valence-corrected chi connectivity index (χ0v) is 23.8. The maximum atomic E-state index is 15.1. The average molecular weight is 592 g/mol. The maximum absolute atomic E-state index is 15.1. The van der Waals surface area contributed by atoms with Crippen molar-refractivity contribution in [1.29, 1.82) is 0 Å². The SMILES string of the molecule is CCNC(=O)[C@H](Cc1ccccc1)N(Cc1ccccc1F)C(=O)CN(c1ccccc1F)S(=O)(=O)c1ccccc1. The number of benzene rings is 4. The fourth-order valence-corrected chi connectivity index (χ4v) is 5.99. The molecule has 1 N–H and O–H groups in total. The molecule has 2 amide bonds. The van der Waals surface area contributed by atoms with E-state index in [0.717, 1.165) is 16.5 Å². The largest absolute Gasteiger partial charge is 0.355 e. The Morgan fingerprint density at radius 3 is 1.98 bits per heavy atom. The van der Waals surface area contributed by atoms with Gasteiger partial charge in [0.25, 0.3) is 10.0 Å². The smallest absolute Gasteiger partial charge is 0.264 e. The molecule has 10 heteroatoms. The van der Waals surface area contributed by atoms with E-state index < -0.39 is 46.1 Å². The van der Waals surface area contributed by atoms with Crippen molar-refractivity contribution in [2.75, 3.05) is 17.4 Å². The molecule has 7 nitrogen and oxygen atoms in total. The minimum Gasteiger partial charge on any atom is -0.355 e. The molecular formula is C32H31F2N3O4S. The van der Waals surface area contributed by atoms with E-state index in [1.54, 1.807) is 43.3 Å². The molecule has 0 aromatic heterocycles. The Morgan fingerprint density at radius 1 is 0.786 bits per heavy atom. The summed E-state index contributed by atoms with van der Waals surface area (Å²) in [5, 5.41) is 2.73. The molecule has 42 heavy (non-hydrogen) atoms. The molecular weight excluding hydrogens is 560 g/mol. The Kier molecular flexibility index (Phi) is 10.0. The van der Waals surface area contributed by atoms with Crippen LogP contribution in [0.2, 0.25) is 0 Å². The topological polar surface area (TPSA) is 86.8 Å². The van der Waals surface area contributed by atoms with Gasteiger partial charge in [-0.05, 0) is 42.8 Å². The van der Waals surface area contributed by atoms with Crippen molar-refractivity contribution in [1.82, 2.24) is 10.2 Å². The minimum absolute atomic E-state index is 0.0813. The van der Waals surface area contributed by atoms with Gasteiger partial charge in [0.2, 0.25) is 11.8 Å². The van der Waals surface area contributed by atoms with Crippen LogP contribution in [0.3, 0.4) is 0 Å². The van der Waals surface area contributed by atoms with Crippen molar-refractivity contribution >= 4 is 27.5 Å². The number of carbonyl (C=O) groups is 2. The van der Waals surface area contributed by atoms with Gasteiger partial charge in [-0.15, -0.1) is 0 Å². The highest BCUT2D eigenvalue weighted by atomic mass is 32.2. The highest BCUT2D eigenvalue weighted by Crippen LogP contribution is 2.27. The number of para-hydroxylation sites is 1. The monoisotopic (exact) mass is 591 g/mol. The maximum Gasteiger partial charge on any atom is 0.264 e. The van der Waals surface area contributed by atoms with Gasteiger partial charge in [0.05, 0.1) is 10.6 Å². The standard InChI is InChI=1S/C32H31F2N3O4S/c1-2-35-32(39)30(21-24-13-5-3-6-14-24)36(22-25-15-9-10-18-27(25)33)31(38)23-37(29-20-12-11-19-28(29)34)42(40,41)26-16-7-4-8-17-26/h3-20,30H,2,21-23H2,1H3,(H,35,39)/t30-/m0/s1. The number of nitrogens with one attached hydrogen (secondary N) is 1. The van der Waals surface area contributed by atoms with E-state index in [9.17, 15) is 22.4 Å². The van der Waals surface area contributed by atoms with Crippen LogP contribution in [0.1, 0.15) is 18.1 Å². The normalized spacial score (nSPS) is 11.9. The van der Waals surface area contributed by atoms with Crippen molar-refractivity contribution in [2.45, 2.75) is 30.8 Å². The van der Waals surface area contributed by atoms with Crippen LogP contribution >= 0.6 is 0 Å². The average Bonchev–Trinajstić information content (AvgIpc) is 3.00. The van der Waals surface area contributed by atoms with E-state index in [1.165, 1.54) is 60.7 Å². The molecule has 1 atom stereocenters. The molecule has 0 spiro atoms. The third-order valence-corrected chi connectivity index (χ3v) is 8.43. The molecule has 0 heterocycles. The van der Waals surface area contributed by atoms with Crippen LogP contribution < -0.4 is 9.62 Å². The number of carbonyl (C=O) groups excluding carboxylic acids is 2. The molecule has 4 aromatic rings. The van der Waals surface area contributed by atoms with Gasteiger partial charge < -0.3 is 10.2 Å². The van der Waals surface area contributed by atoms with Crippen molar-refractivity contribution in [3.63, 3.8) is 0 Å². The van der Waals surface area contributed by atoms with E-state index in [4.69, 9.17) is 0 Å². The molecule has 218 valence electrons. The summed E-state index contributed by atoms with van der Waals surface area (Å²) >= 11 is 0. The summed E-state index contributed by atoms with van der Waals surface area (Å²) < 4.78 is 58.2. The molecule has 0 fully saturated rings. The van der Waals surface area contributed by atoms with Gasteiger partial charge in [0, 0.05) is 25.1 Å². The molecule has 0 saturated heterocycles. The van der Waals surface area contributed by atoms with Crippen LogP contribution in [0.25, 0.3) is 0 Å². The molecule has 0 bridgehead atoms. The quantitative estimate of drug-likeness (QED) is 0.253. The molecule has 4 aromatic carbocycles. The van der Waals surface area contributed by atoms with Crippen molar-refractivity contribution in [3.8, 4) is 0 Å². The first-order valence-corrected chi connectivity index (χ1v) is 14.8. The fraction of sp³-hybridized carbons (Fsp3) is 0.188. The van der Waals surface area contributed by atoms with Crippen LogP contribution in [0.15, 0.2) is 114 Å². The van der Waals surface area contributed by atoms with Gasteiger partial charge >= 0.3 is 0 Å². The van der Waals surface area contributed by atoms with Gasteiger partial charge in [0.15, 0.2) is 0 Å². The van der Waals surface area contributed by atoms with E-state index in [2.05, 4.69) is 5.32 Å². The Bertz CT molecular complexity index is 1620. The Balaban J connectivity index is 1.81. The van der Waals surface area contributed by atoms with Crippen LogP contribution in [0.4, 0.5) is 14.5 Å². The number of halogens is 2. The zero-order chi connectivity index (χ0) is 30.1. The number of amides is 2. The number of likely N-dealkylation sites (N-methyl/N-ethyl adjacent to an activating group) is 1. The molecule has 0 radical (unpaired) electrons. The van der Waals surface area contributed by atoms with E-state index in [0.29, 0.717) is 4.31 Å². The highest BCUT2D eigenvalue weighted by molar-refractivity contribution is 7.92. The van der Waals surface area contributed by atoms with Gasteiger partial charge in [-0.3, -0.25) is 13.9 Å². The summed E-state index contributed by atoms with van der Waals surface area (Å²) in [5.74, 6) is -2.75. The molecule has 4 rings (SSSR count). The van der Waals surface area contributed by atoms with Gasteiger partial charge in [-0.2, -0.15) is 0 Å². The second kappa shape index (κ2) is 13.9. The number of nitrogens with zero attached hydrogens (tertiary/aromatic N) is 2. The second-order valence-corrected chi connectivity index (χ2v) is 11.4. The lowest BCUT2D eigenvalue weighted by Gasteiger charge is -2.34. The van der Waals surface area contributed by atoms with E-state index >= 15 is 4.39 Å². The molecule has 0 saturated carbocycles. The third-order valence-electron chi connectivity index (χ3n) is 6.65. The Hall–Kier alpha value is -4.57. The summed E-state index contributed by atoms with van der Waals surface area (Å²) in [5.41, 5.74) is 0.540. The van der Waals surface area contributed by atoms with Crippen molar-refractivity contribution in [2.24, 2.45) is 0 Å². The lowest BCUT2D eigenvalue weighted by molar-refractivity contribution is -0.140. The number of hydrogen-bond donors (Lipinski definition) is 1. The zero-order valence-electron chi connectivity index (χ0n) is 23.0. The molecule has 0 unspecified atom stereocenters. The first-order chi connectivity index (χ1) is 20.2. The summed E-state index contributed by atoms with van der Waals surface area (Å²) in [6.07, 6.45) is 0.0813. The lowest BCUT2D eigenvalue weighted by Crippen LogP contribution is -2.53. The Morgan fingerprint density at radius 2 is 1.36 bits per heavy atom. The predicted molar refractivity (Wildman–Crippen MR) is 157 cm³/mol. The third kappa shape index (κ3) is 7.19. The number of hydrogen-bond acceptors (Lipinski definition) is 4. The predicted octanol–water partition coefficient (Wildman–Crippen LogP) is 4.94. The fourth-order valence-electron chi connectivity index (χ4n) is 4.54. The first-order valence-electron chi connectivity index (χ1n) is 13.4. The number of anilines is 1. The van der Waals surface area contributed by atoms with Crippen LogP contribution in [-0.2, 0) is 32.6 Å². The number of sulfonamides is 1. The number of rotatable bonds is 12. The Labute approximate surface area is 244 Å². The second-order valence-electron chi connectivity index (χ2n) is 9.49. The van der Waals surface area contributed by atoms with E-state index in [-0.39, 0.29) is 35.7 Å². The van der Waals surface area contributed by atoms with Gasteiger partial charge in [-0.1, -0.05) is 78.9 Å². The molecule has 0 aliphatic carbocycles. The van der Waals surface area contributed by atoms with Crippen LogP contribution in [-0.4, -0.2) is 44.3 Å². The molecule has 0 aliphatic heterocycles. The molecule has 0 aliphatic rings. The van der Waals surface area contributed by atoms with Gasteiger partial charge in [-0.25, -0.2) is 17.2 Å². The lowest BCUT2D eigenvalue weighted by atomic mass is 10.0. The van der Waals surface area contributed by atoms with Crippen LogP contribution in [0, 0.1) is 11.6 Å².